The fourth-order valence-electron chi connectivity index (χ4n) is 3.72. The van der Waals surface area contributed by atoms with Gasteiger partial charge in [0, 0.05) is 18.2 Å². The third-order valence-electron chi connectivity index (χ3n) is 5.59. The van der Waals surface area contributed by atoms with Crippen LogP contribution in [0.15, 0.2) is 48.5 Å². The molecule has 2 aromatic rings. The van der Waals surface area contributed by atoms with Gasteiger partial charge >= 0.3 is 0 Å². The molecule has 0 aliphatic carbocycles. The molecule has 0 spiro atoms. The molecule has 3 rings (SSSR count). The van der Waals surface area contributed by atoms with Crippen molar-refractivity contribution in [2.45, 2.75) is 52.6 Å². The van der Waals surface area contributed by atoms with Crippen molar-refractivity contribution in [1.82, 2.24) is 4.90 Å². The van der Waals surface area contributed by atoms with Crippen LogP contribution in [0.2, 0.25) is 0 Å². The molecular weight excluding hydrogens is 410 g/mol. The number of carbonyl (C=O) groups excluding carboxylic acids is 1. The van der Waals surface area contributed by atoms with Crippen molar-refractivity contribution in [1.29, 1.82) is 0 Å². The number of rotatable bonds is 8. The Morgan fingerprint density at radius 3 is 2.19 bits per heavy atom. The average molecular weight is 444 g/mol. The molecule has 31 heavy (non-hydrogen) atoms. The highest BCUT2D eigenvalue weighted by Crippen LogP contribution is 2.24. The number of hydrogen-bond donors (Lipinski definition) is 0. The highest BCUT2D eigenvalue weighted by molar-refractivity contribution is 7.91. The Kier molecular flexibility index (Phi) is 7.42. The first kappa shape index (κ1) is 23.3. The molecule has 0 radical (unpaired) electrons. The highest BCUT2D eigenvalue weighted by Gasteiger charge is 2.35. The Morgan fingerprint density at radius 1 is 1.03 bits per heavy atom. The molecule has 5 nitrogen and oxygen atoms in total. The maximum atomic E-state index is 13.4. The summed E-state index contributed by atoms with van der Waals surface area (Å²) in [7, 11) is -3.10. The fraction of sp³-hybridized carbons (Fsp3) is 0.480. The Balaban J connectivity index is 1.81. The molecule has 0 saturated carbocycles. The van der Waals surface area contributed by atoms with E-state index in [9.17, 15) is 13.2 Å². The molecular formula is C25H33NO4S. The summed E-state index contributed by atoms with van der Waals surface area (Å²) in [5.74, 6) is 1.59. The van der Waals surface area contributed by atoms with Gasteiger partial charge in [-0.15, -0.1) is 0 Å². The van der Waals surface area contributed by atoms with E-state index < -0.39 is 9.84 Å². The van der Waals surface area contributed by atoms with E-state index in [1.165, 1.54) is 5.56 Å². The lowest BCUT2D eigenvalue weighted by Gasteiger charge is -2.29. The summed E-state index contributed by atoms with van der Waals surface area (Å²) in [4.78, 5) is 15.1. The van der Waals surface area contributed by atoms with Crippen molar-refractivity contribution in [3.05, 3.63) is 65.2 Å². The molecule has 1 saturated heterocycles. The molecule has 168 valence electrons. The normalized spacial score (nSPS) is 17.8. The molecule has 1 amide bonds. The van der Waals surface area contributed by atoms with Crippen LogP contribution in [0.25, 0.3) is 0 Å². The van der Waals surface area contributed by atoms with E-state index in [1.54, 1.807) is 29.2 Å². The van der Waals surface area contributed by atoms with Crippen molar-refractivity contribution in [3.63, 3.8) is 0 Å². The molecule has 1 aliphatic heterocycles. The van der Waals surface area contributed by atoms with Gasteiger partial charge in [0.05, 0.1) is 18.1 Å². The fourth-order valence-corrected chi connectivity index (χ4v) is 5.45. The summed E-state index contributed by atoms with van der Waals surface area (Å²) in [6, 6.07) is 15.0. The number of benzene rings is 2. The molecule has 0 N–H and O–H groups in total. The molecule has 6 heteroatoms. The average Bonchev–Trinajstić information content (AvgIpc) is 3.10. The first-order chi connectivity index (χ1) is 14.6. The third-order valence-corrected chi connectivity index (χ3v) is 7.34. The number of nitrogens with zero attached hydrogens (tertiary/aromatic N) is 1. The molecule has 0 aromatic heterocycles. The van der Waals surface area contributed by atoms with Gasteiger partial charge in [-0.05, 0) is 53.6 Å². The van der Waals surface area contributed by atoms with Gasteiger partial charge < -0.3 is 9.64 Å². The molecule has 1 fully saturated rings. The first-order valence-corrected chi connectivity index (χ1v) is 12.8. The Hall–Kier alpha value is -2.34. The minimum Gasteiger partial charge on any atom is -0.493 e. The molecule has 0 unspecified atom stereocenters. The van der Waals surface area contributed by atoms with E-state index in [2.05, 4.69) is 39.8 Å². The molecule has 0 bridgehead atoms. The van der Waals surface area contributed by atoms with E-state index in [-0.39, 0.29) is 23.5 Å². The maximum absolute atomic E-state index is 13.4. The molecule has 1 heterocycles. The monoisotopic (exact) mass is 443 g/mol. The zero-order valence-electron chi connectivity index (χ0n) is 18.9. The summed E-state index contributed by atoms with van der Waals surface area (Å²) in [5.41, 5.74) is 2.78. The van der Waals surface area contributed by atoms with Gasteiger partial charge in [-0.1, -0.05) is 52.0 Å². The summed E-state index contributed by atoms with van der Waals surface area (Å²) < 4.78 is 29.9. The van der Waals surface area contributed by atoms with Gasteiger partial charge in [0.1, 0.15) is 5.75 Å². The van der Waals surface area contributed by atoms with Crippen LogP contribution < -0.4 is 4.74 Å². The summed E-state index contributed by atoms with van der Waals surface area (Å²) in [6.45, 7) is 9.46. The number of hydrogen-bond acceptors (Lipinski definition) is 4. The maximum Gasteiger partial charge on any atom is 0.254 e. The quantitative estimate of drug-likeness (QED) is 0.595. The molecule has 2 aromatic carbocycles. The first-order valence-electron chi connectivity index (χ1n) is 11.0. The van der Waals surface area contributed by atoms with Gasteiger partial charge in [0.2, 0.25) is 0 Å². The smallest absolute Gasteiger partial charge is 0.254 e. The highest BCUT2D eigenvalue weighted by atomic mass is 32.2. The summed E-state index contributed by atoms with van der Waals surface area (Å²) in [5, 5.41) is 0. The zero-order valence-corrected chi connectivity index (χ0v) is 19.7. The van der Waals surface area contributed by atoms with Crippen molar-refractivity contribution < 1.29 is 17.9 Å². The predicted octanol–water partition coefficient (Wildman–Crippen LogP) is 4.67. The third kappa shape index (κ3) is 6.33. The van der Waals surface area contributed by atoms with Gasteiger partial charge in [-0.25, -0.2) is 8.42 Å². The summed E-state index contributed by atoms with van der Waals surface area (Å²) >= 11 is 0. The number of ether oxygens (including phenoxy) is 1. The van der Waals surface area contributed by atoms with Gasteiger partial charge in [0.15, 0.2) is 9.84 Å². The molecule has 1 atom stereocenters. The second kappa shape index (κ2) is 9.86. The van der Waals surface area contributed by atoms with Gasteiger partial charge in [-0.3, -0.25) is 4.79 Å². The van der Waals surface area contributed by atoms with Crippen LogP contribution in [0, 0.1) is 5.92 Å². The number of amides is 1. The lowest BCUT2D eigenvalue weighted by atomic mass is 10.0. The van der Waals surface area contributed by atoms with E-state index >= 15 is 0 Å². The zero-order chi connectivity index (χ0) is 22.6. The minimum atomic E-state index is -3.10. The van der Waals surface area contributed by atoms with Gasteiger partial charge in [0.25, 0.3) is 5.91 Å². The Labute approximate surface area is 186 Å². The standard InChI is InChI=1S/C25H33NO4S/c1-18(2)16-30-24-11-9-22(10-12-24)25(27)26(23-13-14-31(28,29)17-23)15-20-5-7-21(8-6-20)19(3)4/h5-12,18-19,23H,13-17H2,1-4H3/t23-/m0/s1. The lowest BCUT2D eigenvalue weighted by molar-refractivity contribution is 0.0681. The van der Waals surface area contributed by atoms with Crippen molar-refractivity contribution >= 4 is 15.7 Å². The Bertz CT molecular complexity index is 979. The van der Waals surface area contributed by atoms with Crippen molar-refractivity contribution in [3.8, 4) is 5.75 Å². The largest absolute Gasteiger partial charge is 0.493 e. The van der Waals surface area contributed by atoms with Crippen molar-refractivity contribution in [2.75, 3.05) is 18.1 Å². The minimum absolute atomic E-state index is 0.0262. The predicted molar refractivity (Wildman–Crippen MR) is 124 cm³/mol. The van der Waals surface area contributed by atoms with E-state index in [4.69, 9.17) is 4.74 Å². The van der Waals surface area contributed by atoms with Crippen LogP contribution in [0.5, 0.6) is 5.75 Å². The van der Waals surface area contributed by atoms with E-state index in [0.717, 1.165) is 11.3 Å². The van der Waals surface area contributed by atoms with Crippen LogP contribution in [0.3, 0.4) is 0 Å². The number of carbonyl (C=O) groups is 1. The lowest BCUT2D eigenvalue weighted by Crippen LogP contribution is -2.40. The van der Waals surface area contributed by atoms with Crippen LogP contribution in [-0.4, -0.2) is 43.4 Å². The van der Waals surface area contributed by atoms with Crippen LogP contribution in [0.1, 0.15) is 61.5 Å². The number of sulfone groups is 1. The van der Waals surface area contributed by atoms with E-state index in [1.807, 2.05) is 12.1 Å². The summed E-state index contributed by atoms with van der Waals surface area (Å²) in [6.07, 6.45) is 0.480. The second-order valence-electron chi connectivity index (χ2n) is 9.12. The molecule has 1 aliphatic rings. The van der Waals surface area contributed by atoms with Crippen LogP contribution >= 0.6 is 0 Å². The van der Waals surface area contributed by atoms with E-state index in [0.29, 0.717) is 37.0 Å². The van der Waals surface area contributed by atoms with Crippen LogP contribution in [-0.2, 0) is 16.4 Å². The topological polar surface area (TPSA) is 63.7 Å². The second-order valence-corrected chi connectivity index (χ2v) is 11.3. The SMILES string of the molecule is CC(C)COc1ccc(C(=O)N(Cc2ccc(C(C)C)cc2)[C@H]2CCS(=O)(=O)C2)cc1. The van der Waals surface area contributed by atoms with Gasteiger partial charge in [-0.2, -0.15) is 0 Å². The Morgan fingerprint density at radius 2 is 1.68 bits per heavy atom. The van der Waals surface area contributed by atoms with Crippen molar-refractivity contribution in [2.24, 2.45) is 5.92 Å². The van der Waals surface area contributed by atoms with Crippen LogP contribution in [0.4, 0.5) is 0 Å².